The number of rotatable bonds is 2. The number of aliphatic hydroxyl groups is 2. The largest absolute Gasteiger partial charge is 0.451 e. The summed E-state index contributed by atoms with van der Waals surface area (Å²) in [5.74, 6) is 0.0428. The van der Waals surface area contributed by atoms with Gasteiger partial charge in [-0.1, -0.05) is 12.1 Å². The SMILES string of the molecule is Cc1ccc2c(C)c(C(=O)N(C)[C@@H]3CC[C@@H](O)[C@@H]3O)oc2c1. The Hall–Kier alpha value is -1.85. The molecule has 1 aromatic heterocycles. The van der Waals surface area contributed by atoms with Gasteiger partial charge in [-0.3, -0.25) is 4.79 Å². The molecule has 1 aliphatic rings. The van der Waals surface area contributed by atoms with Crippen LogP contribution in [0.15, 0.2) is 22.6 Å². The lowest BCUT2D eigenvalue weighted by atomic mass is 10.1. The lowest BCUT2D eigenvalue weighted by molar-refractivity contribution is 0.00579. The van der Waals surface area contributed by atoms with Gasteiger partial charge in [0.15, 0.2) is 5.76 Å². The van der Waals surface area contributed by atoms with Crippen LogP contribution in [0.4, 0.5) is 0 Å². The Kier molecular flexibility index (Phi) is 3.70. The van der Waals surface area contributed by atoms with Crippen LogP contribution in [-0.2, 0) is 0 Å². The number of carbonyl (C=O) groups is 1. The Morgan fingerprint density at radius 2 is 2.00 bits per heavy atom. The van der Waals surface area contributed by atoms with Crippen LogP contribution in [0.2, 0.25) is 0 Å². The summed E-state index contributed by atoms with van der Waals surface area (Å²) in [6.45, 7) is 3.84. The number of aliphatic hydroxyl groups excluding tert-OH is 2. The quantitative estimate of drug-likeness (QED) is 0.890. The van der Waals surface area contributed by atoms with E-state index in [0.717, 1.165) is 16.5 Å². The molecule has 2 aromatic rings. The van der Waals surface area contributed by atoms with Crippen molar-refractivity contribution in [2.45, 2.75) is 44.9 Å². The van der Waals surface area contributed by atoms with Crippen molar-refractivity contribution >= 4 is 16.9 Å². The summed E-state index contributed by atoms with van der Waals surface area (Å²) in [5.41, 5.74) is 2.57. The number of benzene rings is 1. The van der Waals surface area contributed by atoms with Gasteiger partial charge in [0.2, 0.25) is 0 Å². The molecule has 0 unspecified atom stereocenters. The van der Waals surface area contributed by atoms with Crippen molar-refractivity contribution < 1.29 is 19.4 Å². The van der Waals surface area contributed by atoms with Gasteiger partial charge in [-0.25, -0.2) is 0 Å². The molecule has 0 aliphatic heterocycles. The van der Waals surface area contributed by atoms with E-state index in [4.69, 9.17) is 4.42 Å². The van der Waals surface area contributed by atoms with Crippen LogP contribution >= 0.6 is 0 Å². The second kappa shape index (κ2) is 5.41. The van der Waals surface area contributed by atoms with E-state index in [0.29, 0.717) is 24.2 Å². The fraction of sp³-hybridized carbons (Fsp3) is 0.471. The van der Waals surface area contributed by atoms with Crippen LogP contribution in [0.3, 0.4) is 0 Å². The van der Waals surface area contributed by atoms with Gasteiger partial charge in [-0.05, 0) is 38.3 Å². The smallest absolute Gasteiger partial charge is 0.289 e. The Labute approximate surface area is 129 Å². The monoisotopic (exact) mass is 303 g/mol. The van der Waals surface area contributed by atoms with Crippen molar-refractivity contribution in [3.8, 4) is 0 Å². The zero-order valence-electron chi connectivity index (χ0n) is 13.0. The van der Waals surface area contributed by atoms with Crippen molar-refractivity contribution in [3.05, 3.63) is 35.1 Å². The first-order valence-corrected chi connectivity index (χ1v) is 7.53. The highest BCUT2D eigenvalue weighted by atomic mass is 16.4. The van der Waals surface area contributed by atoms with Gasteiger partial charge < -0.3 is 19.5 Å². The van der Waals surface area contributed by atoms with Crippen LogP contribution in [-0.4, -0.2) is 46.3 Å². The van der Waals surface area contributed by atoms with Gasteiger partial charge in [-0.15, -0.1) is 0 Å². The molecule has 5 nitrogen and oxygen atoms in total. The van der Waals surface area contributed by atoms with E-state index < -0.39 is 12.2 Å². The fourth-order valence-electron chi connectivity index (χ4n) is 3.21. The Balaban J connectivity index is 1.93. The van der Waals surface area contributed by atoms with Gasteiger partial charge in [0, 0.05) is 18.0 Å². The lowest BCUT2D eigenvalue weighted by Crippen LogP contribution is -2.44. The molecule has 2 N–H and O–H groups in total. The highest BCUT2D eigenvalue weighted by Gasteiger charge is 2.38. The fourth-order valence-corrected chi connectivity index (χ4v) is 3.21. The molecule has 1 saturated carbocycles. The molecule has 22 heavy (non-hydrogen) atoms. The van der Waals surface area contributed by atoms with Crippen molar-refractivity contribution in [2.24, 2.45) is 0 Å². The average Bonchev–Trinajstić information content (AvgIpc) is 2.99. The van der Waals surface area contributed by atoms with Gasteiger partial charge >= 0.3 is 0 Å². The highest BCUT2D eigenvalue weighted by Crippen LogP contribution is 2.29. The van der Waals surface area contributed by atoms with E-state index in [2.05, 4.69) is 0 Å². The third-order valence-electron chi connectivity index (χ3n) is 4.65. The summed E-state index contributed by atoms with van der Waals surface area (Å²) < 4.78 is 5.75. The second-order valence-electron chi connectivity index (χ2n) is 6.17. The minimum atomic E-state index is -0.902. The molecule has 1 amide bonds. The number of likely N-dealkylation sites (N-methyl/N-ethyl adjacent to an activating group) is 1. The zero-order chi connectivity index (χ0) is 16.0. The summed E-state index contributed by atoms with van der Waals surface area (Å²) >= 11 is 0. The Bertz CT molecular complexity index is 721. The molecule has 3 rings (SSSR count). The van der Waals surface area contributed by atoms with Crippen LogP contribution in [0.5, 0.6) is 0 Å². The maximum atomic E-state index is 12.7. The van der Waals surface area contributed by atoms with Crippen molar-refractivity contribution in [2.75, 3.05) is 7.05 Å². The Morgan fingerprint density at radius 1 is 1.27 bits per heavy atom. The molecule has 0 radical (unpaired) electrons. The third kappa shape index (κ3) is 2.30. The molecule has 1 heterocycles. The van der Waals surface area contributed by atoms with Crippen molar-refractivity contribution in [1.82, 2.24) is 4.90 Å². The van der Waals surface area contributed by atoms with Crippen LogP contribution < -0.4 is 0 Å². The number of amides is 1. The van der Waals surface area contributed by atoms with E-state index in [1.807, 2.05) is 32.0 Å². The predicted molar refractivity (Wildman–Crippen MR) is 82.8 cm³/mol. The first-order valence-electron chi connectivity index (χ1n) is 7.53. The normalized spacial score (nSPS) is 24.9. The molecule has 0 saturated heterocycles. The van der Waals surface area contributed by atoms with Crippen LogP contribution in [0.1, 0.15) is 34.5 Å². The molecule has 0 bridgehead atoms. The first kappa shape index (κ1) is 15.1. The lowest BCUT2D eigenvalue weighted by Gasteiger charge is -2.27. The van der Waals surface area contributed by atoms with E-state index in [9.17, 15) is 15.0 Å². The van der Waals surface area contributed by atoms with Gasteiger partial charge in [0.05, 0.1) is 12.1 Å². The zero-order valence-corrected chi connectivity index (χ0v) is 13.0. The van der Waals surface area contributed by atoms with Crippen molar-refractivity contribution in [3.63, 3.8) is 0 Å². The number of fused-ring (bicyclic) bond motifs is 1. The standard InChI is InChI=1S/C17H21NO4/c1-9-4-5-11-10(2)16(22-14(11)8-9)17(21)18(3)12-6-7-13(19)15(12)20/h4-5,8,12-13,15,19-20H,6-7H2,1-3H3/t12-,13-,15-/m1/s1. The number of furan rings is 1. The average molecular weight is 303 g/mol. The van der Waals surface area contributed by atoms with Crippen LogP contribution in [0, 0.1) is 13.8 Å². The molecule has 5 heteroatoms. The number of hydrogen-bond acceptors (Lipinski definition) is 4. The predicted octanol–water partition coefficient (Wildman–Crippen LogP) is 2.01. The first-order chi connectivity index (χ1) is 10.4. The summed E-state index contributed by atoms with van der Waals surface area (Å²) in [4.78, 5) is 14.2. The third-order valence-corrected chi connectivity index (χ3v) is 4.65. The minimum absolute atomic E-state index is 0.260. The molecule has 0 spiro atoms. The maximum absolute atomic E-state index is 12.7. The minimum Gasteiger partial charge on any atom is -0.451 e. The molecular weight excluding hydrogens is 282 g/mol. The van der Waals surface area contributed by atoms with E-state index in [1.165, 1.54) is 4.90 Å². The van der Waals surface area contributed by atoms with Gasteiger partial charge in [0.25, 0.3) is 5.91 Å². The Morgan fingerprint density at radius 3 is 2.64 bits per heavy atom. The summed E-state index contributed by atoms with van der Waals surface area (Å²) in [6.07, 6.45) is -0.578. The number of aryl methyl sites for hydroxylation is 2. The van der Waals surface area contributed by atoms with Crippen molar-refractivity contribution in [1.29, 1.82) is 0 Å². The second-order valence-corrected chi connectivity index (χ2v) is 6.17. The van der Waals surface area contributed by atoms with Gasteiger partial charge in [-0.2, -0.15) is 0 Å². The summed E-state index contributed by atoms with van der Waals surface area (Å²) in [7, 11) is 1.64. The van der Waals surface area contributed by atoms with Crippen LogP contribution in [0.25, 0.3) is 11.0 Å². The summed E-state index contributed by atoms with van der Waals surface area (Å²) in [6, 6.07) is 5.47. The maximum Gasteiger partial charge on any atom is 0.289 e. The summed E-state index contributed by atoms with van der Waals surface area (Å²) in [5, 5.41) is 20.6. The van der Waals surface area contributed by atoms with E-state index in [1.54, 1.807) is 7.05 Å². The van der Waals surface area contributed by atoms with Gasteiger partial charge in [0.1, 0.15) is 11.7 Å². The number of carbonyl (C=O) groups excluding carboxylic acids is 1. The highest BCUT2D eigenvalue weighted by molar-refractivity contribution is 5.99. The number of nitrogens with zero attached hydrogens (tertiary/aromatic N) is 1. The number of hydrogen-bond donors (Lipinski definition) is 2. The van der Waals surface area contributed by atoms with E-state index in [-0.39, 0.29) is 11.9 Å². The molecule has 118 valence electrons. The topological polar surface area (TPSA) is 73.9 Å². The molecule has 1 fully saturated rings. The molecule has 1 aliphatic carbocycles. The molecule has 1 aromatic carbocycles. The molecule has 3 atom stereocenters. The molecular formula is C17H21NO4. The van der Waals surface area contributed by atoms with E-state index >= 15 is 0 Å².